The van der Waals surface area contributed by atoms with Gasteiger partial charge in [0.1, 0.15) is 0 Å². The Bertz CT molecular complexity index is 385. The zero-order valence-electron chi connectivity index (χ0n) is 10.1. The summed E-state index contributed by atoms with van der Waals surface area (Å²) in [5.41, 5.74) is 6.30. The molecule has 17 heavy (non-hydrogen) atoms. The highest BCUT2D eigenvalue weighted by Gasteiger charge is 2.22. The zero-order valence-corrected chi connectivity index (χ0v) is 10.9. The lowest BCUT2D eigenvalue weighted by molar-refractivity contribution is -0.121. The Morgan fingerprint density at radius 2 is 2.35 bits per heavy atom. The molecule has 1 atom stereocenters. The maximum absolute atomic E-state index is 11.8. The van der Waals surface area contributed by atoms with E-state index in [2.05, 4.69) is 17.2 Å². The fraction of sp³-hybridized carbons (Fsp3) is 0.667. The van der Waals surface area contributed by atoms with Gasteiger partial charge in [0.2, 0.25) is 5.91 Å². The monoisotopic (exact) mass is 253 g/mol. The van der Waals surface area contributed by atoms with E-state index >= 15 is 0 Å². The molecular weight excluding hydrogens is 234 g/mol. The summed E-state index contributed by atoms with van der Waals surface area (Å²) < 4.78 is 0. The van der Waals surface area contributed by atoms with Crippen molar-refractivity contribution in [1.82, 2.24) is 10.3 Å². The number of anilines is 1. The molecule has 1 fully saturated rings. The van der Waals surface area contributed by atoms with Gasteiger partial charge in [-0.3, -0.25) is 4.79 Å². The predicted octanol–water partition coefficient (Wildman–Crippen LogP) is 1.96. The Kier molecular flexibility index (Phi) is 3.99. The van der Waals surface area contributed by atoms with Crippen LogP contribution in [0.25, 0.3) is 0 Å². The van der Waals surface area contributed by atoms with Crippen LogP contribution in [0.1, 0.15) is 38.3 Å². The number of carbonyl (C=O) groups is 1. The molecule has 1 saturated carbocycles. The van der Waals surface area contributed by atoms with Crippen LogP contribution in [0.4, 0.5) is 5.13 Å². The van der Waals surface area contributed by atoms with E-state index in [4.69, 9.17) is 5.73 Å². The highest BCUT2D eigenvalue weighted by molar-refractivity contribution is 7.13. The SMILES string of the molecule is CC(NC(=O)Cc1csc(N)n1)C1CCCC1. The zero-order chi connectivity index (χ0) is 12.3. The van der Waals surface area contributed by atoms with Crippen molar-refractivity contribution in [3.05, 3.63) is 11.1 Å². The maximum Gasteiger partial charge on any atom is 0.226 e. The molecule has 1 heterocycles. The Labute approximate surface area is 106 Å². The van der Waals surface area contributed by atoms with Crippen LogP contribution in [0.5, 0.6) is 0 Å². The Balaban J connectivity index is 1.80. The van der Waals surface area contributed by atoms with Crippen LogP contribution >= 0.6 is 11.3 Å². The number of rotatable bonds is 4. The molecule has 0 bridgehead atoms. The largest absolute Gasteiger partial charge is 0.375 e. The van der Waals surface area contributed by atoms with E-state index in [0.717, 1.165) is 5.69 Å². The molecule has 3 N–H and O–H groups in total. The van der Waals surface area contributed by atoms with Crippen molar-refractivity contribution in [2.75, 3.05) is 5.73 Å². The number of amides is 1. The van der Waals surface area contributed by atoms with Crippen LogP contribution in [0, 0.1) is 5.92 Å². The average Bonchev–Trinajstić information content (AvgIpc) is 2.89. The fourth-order valence-corrected chi connectivity index (χ4v) is 3.01. The van der Waals surface area contributed by atoms with Crippen LogP contribution in [-0.4, -0.2) is 16.9 Å². The first kappa shape index (κ1) is 12.4. The highest BCUT2D eigenvalue weighted by Crippen LogP contribution is 2.27. The van der Waals surface area contributed by atoms with E-state index < -0.39 is 0 Å². The summed E-state index contributed by atoms with van der Waals surface area (Å²) in [4.78, 5) is 15.9. The molecule has 1 aromatic heterocycles. The Morgan fingerprint density at radius 1 is 1.65 bits per heavy atom. The van der Waals surface area contributed by atoms with Crippen molar-refractivity contribution in [3.63, 3.8) is 0 Å². The van der Waals surface area contributed by atoms with Gasteiger partial charge in [-0.2, -0.15) is 0 Å². The van der Waals surface area contributed by atoms with Crippen LogP contribution in [-0.2, 0) is 11.2 Å². The molecule has 4 nitrogen and oxygen atoms in total. The number of aromatic nitrogens is 1. The number of hydrogen-bond donors (Lipinski definition) is 2. The van der Waals surface area contributed by atoms with Gasteiger partial charge in [-0.25, -0.2) is 4.98 Å². The fourth-order valence-electron chi connectivity index (χ4n) is 2.45. The van der Waals surface area contributed by atoms with Gasteiger partial charge in [0.05, 0.1) is 12.1 Å². The molecule has 0 saturated heterocycles. The van der Waals surface area contributed by atoms with E-state index in [1.165, 1.54) is 37.0 Å². The van der Waals surface area contributed by atoms with Gasteiger partial charge in [0.25, 0.3) is 0 Å². The van der Waals surface area contributed by atoms with Crippen molar-refractivity contribution in [2.45, 2.75) is 45.1 Å². The van der Waals surface area contributed by atoms with E-state index in [1.807, 2.05) is 5.38 Å². The van der Waals surface area contributed by atoms with Crippen molar-refractivity contribution in [1.29, 1.82) is 0 Å². The number of nitrogens with zero attached hydrogens (tertiary/aromatic N) is 1. The Morgan fingerprint density at radius 3 is 2.94 bits per heavy atom. The standard InChI is InChI=1S/C12H19N3OS/c1-8(9-4-2-3-5-9)14-11(16)6-10-7-17-12(13)15-10/h7-9H,2-6H2,1H3,(H2,13,15)(H,14,16). The third-order valence-electron chi connectivity index (χ3n) is 3.41. The third kappa shape index (κ3) is 3.43. The van der Waals surface area contributed by atoms with Gasteiger partial charge >= 0.3 is 0 Å². The highest BCUT2D eigenvalue weighted by atomic mass is 32.1. The minimum Gasteiger partial charge on any atom is -0.375 e. The minimum atomic E-state index is 0.0506. The molecule has 0 aliphatic heterocycles. The van der Waals surface area contributed by atoms with Gasteiger partial charge < -0.3 is 11.1 Å². The topological polar surface area (TPSA) is 68.0 Å². The molecule has 0 aromatic carbocycles. The first-order valence-corrected chi connectivity index (χ1v) is 7.02. The van der Waals surface area contributed by atoms with E-state index in [1.54, 1.807) is 0 Å². The van der Waals surface area contributed by atoms with Gasteiger partial charge in [0, 0.05) is 11.4 Å². The minimum absolute atomic E-state index is 0.0506. The summed E-state index contributed by atoms with van der Waals surface area (Å²) in [5.74, 6) is 0.703. The summed E-state index contributed by atoms with van der Waals surface area (Å²) >= 11 is 1.38. The predicted molar refractivity (Wildman–Crippen MR) is 69.8 cm³/mol. The number of hydrogen-bond acceptors (Lipinski definition) is 4. The van der Waals surface area contributed by atoms with Crippen LogP contribution in [0.15, 0.2) is 5.38 Å². The molecule has 1 aliphatic carbocycles. The third-order valence-corrected chi connectivity index (χ3v) is 4.13. The molecule has 0 radical (unpaired) electrons. The first-order chi connectivity index (χ1) is 8.15. The van der Waals surface area contributed by atoms with Gasteiger partial charge in [0.15, 0.2) is 5.13 Å². The van der Waals surface area contributed by atoms with Crippen molar-refractivity contribution in [2.24, 2.45) is 5.92 Å². The van der Waals surface area contributed by atoms with Crippen molar-refractivity contribution in [3.8, 4) is 0 Å². The summed E-state index contributed by atoms with van der Waals surface area (Å²) in [6.07, 6.45) is 5.42. The number of nitrogens with two attached hydrogens (primary N) is 1. The average molecular weight is 253 g/mol. The van der Waals surface area contributed by atoms with E-state index in [-0.39, 0.29) is 11.9 Å². The summed E-state index contributed by atoms with van der Waals surface area (Å²) in [7, 11) is 0. The second-order valence-electron chi connectivity index (χ2n) is 4.75. The molecule has 1 aromatic rings. The summed E-state index contributed by atoms with van der Waals surface area (Å²) in [5, 5.41) is 5.43. The van der Waals surface area contributed by atoms with Crippen molar-refractivity contribution < 1.29 is 4.79 Å². The lowest BCUT2D eigenvalue weighted by Crippen LogP contribution is -2.38. The second-order valence-corrected chi connectivity index (χ2v) is 5.64. The summed E-state index contributed by atoms with van der Waals surface area (Å²) in [6, 6.07) is 0.279. The van der Waals surface area contributed by atoms with Gasteiger partial charge in [-0.1, -0.05) is 12.8 Å². The number of nitrogen functional groups attached to an aromatic ring is 1. The normalized spacial score (nSPS) is 18.2. The smallest absolute Gasteiger partial charge is 0.226 e. The summed E-state index contributed by atoms with van der Waals surface area (Å²) in [6.45, 7) is 2.10. The number of carbonyl (C=O) groups excluding carboxylic acids is 1. The molecule has 94 valence electrons. The van der Waals surface area contributed by atoms with Crippen molar-refractivity contribution >= 4 is 22.4 Å². The first-order valence-electron chi connectivity index (χ1n) is 6.14. The van der Waals surface area contributed by atoms with Gasteiger partial charge in [-0.15, -0.1) is 11.3 Å². The lowest BCUT2D eigenvalue weighted by atomic mass is 10.00. The maximum atomic E-state index is 11.8. The number of thiazole rings is 1. The van der Waals surface area contributed by atoms with Crippen LogP contribution in [0.2, 0.25) is 0 Å². The molecule has 5 heteroatoms. The molecular formula is C12H19N3OS. The molecule has 0 spiro atoms. The molecule has 1 amide bonds. The molecule has 2 rings (SSSR count). The lowest BCUT2D eigenvalue weighted by Gasteiger charge is -2.20. The van der Waals surface area contributed by atoms with Crippen LogP contribution < -0.4 is 11.1 Å². The van der Waals surface area contributed by atoms with E-state index in [9.17, 15) is 4.79 Å². The van der Waals surface area contributed by atoms with Crippen LogP contribution in [0.3, 0.4) is 0 Å². The Hall–Kier alpha value is -1.10. The number of nitrogens with one attached hydrogen (secondary N) is 1. The molecule has 1 unspecified atom stereocenters. The van der Waals surface area contributed by atoms with E-state index in [0.29, 0.717) is 17.5 Å². The quantitative estimate of drug-likeness (QED) is 0.862. The molecule has 1 aliphatic rings. The van der Waals surface area contributed by atoms with Gasteiger partial charge in [-0.05, 0) is 25.7 Å². The second kappa shape index (κ2) is 5.49.